The van der Waals surface area contributed by atoms with Crippen molar-refractivity contribution in [3.05, 3.63) is 74.4 Å². The van der Waals surface area contributed by atoms with E-state index in [1.54, 1.807) is 18.2 Å². The van der Waals surface area contributed by atoms with Crippen molar-refractivity contribution in [2.45, 2.75) is 6.42 Å². The number of amides is 3. The van der Waals surface area contributed by atoms with Crippen molar-refractivity contribution in [2.75, 3.05) is 6.54 Å². The summed E-state index contributed by atoms with van der Waals surface area (Å²) in [6.07, 6.45) is 1.30. The molecule has 0 unspecified atom stereocenters. The summed E-state index contributed by atoms with van der Waals surface area (Å²) >= 11 is 18.0. The topological polar surface area (TPSA) is 78.5 Å². The molecule has 3 rings (SSSR count). The fourth-order valence-electron chi connectivity index (χ4n) is 2.57. The lowest BCUT2D eigenvalue weighted by Gasteiger charge is -2.14. The summed E-state index contributed by atoms with van der Waals surface area (Å²) in [6, 6.07) is 10.4. The third-order valence-corrected chi connectivity index (χ3v) is 6.04. The summed E-state index contributed by atoms with van der Waals surface area (Å²) in [5.74, 6) is -2.02. The SMILES string of the molecule is O=C(CCN1C(=O)C(=Cc2ccccc2F)SC1=S)NNC(=O)c1ccc(Cl)cc1Cl. The smallest absolute Gasteiger partial charge is 0.271 e. The van der Waals surface area contributed by atoms with Crippen molar-refractivity contribution >= 4 is 75.3 Å². The average molecular weight is 498 g/mol. The molecule has 31 heavy (non-hydrogen) atoms. The maximum absolute atomic E-state index is 13.8. The van der Waals surface area contributed by atoms with Gasteiger partial charge in [0.15, 0.2) is 0 Å². The number of hydrogen-bond acceptors (Lipinski definition) is 5. The predicted molar refractivity (Wildman–Crippen MR) is 123 cm³/mol. The van der Waals surface area contributed by atoms with Crippen LogP contribution in [0.2, 0.25) is 10.0 Å². The third kappa shape index (κ3) is 5.82. The van der Waals surface area contributed by atoms with Crippen LogP contribution in [0.25, 0.3) is 6.08 Å². The molecule has 1 heterocycles. The molecule has 0 aromatic heterocycles. The number of halogens is 3. The van der Waals surface area contributed by atoms with Crippen molar-refractivity contribution in [1.82, 2.24) is 15.8 Å². The molecule has 1 saturated heterocycles. The Morgan fingerprint density at radius 3 is 2.61 bits per heavy atom. The van der Waals surface area contributed by atoms with Gasteiger partial charge in [-0.15, -0.1) is 0 Å². The number of hydrogen-bond donors (Lipinski definition) is 2. The van der Waals surface area contributed by atoms with E-state index in [1.165, 1.54) is 35.2 Å². The molecule has 1 aliphatic rings. The normalized spacial score (nSPS) is 14.8. The highest BCUT2D eigenvalue weighted by molar-refractivity contribution is 8.26. The molecular formula is C20H14Cl2FN3O3S2. The third-order valence-electron chi connectivity index (χ3n) is 4.12. The van der Waals surface area contributed by atoms with Crippen LogP contribution in [-0.4, -0.2) is 33.5 Å². The second-order valence-electron chi connectivity index (χ2n) is 6.23. The summed E-state index contributed by atoms with van der Waals surface area (Å²) in [5, 5.41) is 0.511. The van der Waals surface area contributed by atoms with Gasteiger partial charge in [0.1, 0.15) is 10.1 Å². The van der Waals surface area contributed by atoms with Crippen molar-refractivity contribution in [3.63, 3.8) is 0 Å². The van der Waals surface area contributed by atoms with Crippen LogP contribution in [0, 0.1) is 5.82 Å². The van der Waals surface area contributed by atoms with E-state index >= 15 is 0 Å². The van der Waals surface area contributed by atoms with Crippen LogP contribution in [0.4, 0.5) is 4.39 Å². The van der Waals surface area contributed by atoms with Crippen LogP contribution in [0.5, 0.6) is 0 Å². The Balaban J connectivity index is 1.54. The van der Waals surface area contributed by atoms with Crippen LogP contribution in [0.3, 0.4) is 0 Å². The number of rotatable bonds is 5. The van der Waals surface area contributed by atoms with Crippen molar-refractivity contribution in [1.29, 1.82) is 0 Å². The molecule has 11 heteroatoms. The Bertz CT molecular complexity index is 1110. The van der Waals surface area contributed by atoms with Crippen molar-refractivity contribution in [2.24, 2.45) is 0 Å². The zero-order chi connectivity index (χ0) is 22.5. The molecule has 160 valence electrons. The molecule has 0 saturated carbocycles. The van der Waals surface area contributed by atoms with E-state index in [0.29, 0.717) is 5.02 Å². The van der Waals surface area contributed by atoms with Gasteiger partial charge < -0.3 is 0 Å². The predicted octanol–water partition coefficient (Wildman–Crippen LogP) is 4.19. The van der Waals surface area contributed by atoms with Gasteiger partial charge in [-0.05, 0) is 30.3 Å². The van der Waals surface area contributed by atoms with E-state index < -0.39 is 23.5 Å². The summed E-state index contributed by atoms with van der Waals surface area (Å²) in [5.41, 5.74) is 4.90. The molecular weight excluding hydrogens is 484 g/mol. The molecule has 6 nitrogen and oxygen atoms in total. The number of nitrogens with zero attached hydrogens (tertiary/aromatic N) is 1. The minimum Gasteiger partial charge on any atom is -0.292 e. The van der Waals surface area contributed by atoms with Crippen molar-refractivity contribution in [3.8, 4) is 0 Å². The van der Waals surface area contributed by atoms with E-state index in [-0.39, 0.29) is 38.3 Å². The van der Waals surface area contributed by atoms with Gasteiger partial charge in [0.05, 0.1) is 15.5 Å². The Morgan fingerprint density at radius 1 is 1.16 bits per heavy atom. The van der Waals surface area contributed by atoms with Crippen LogP contribution < -0.4 is 10.9 Å². The summed E-state index contributed by atoms with van der Waals surface area (Å²) in [4.78, 5) is 38.3. The first-order valence-electron chi connectivity index (χ1n) is 8.80. The zero-order valence-corrected chi connectivity index (χ0v) is 18.8. The van der Waals surface area contributed by atoms with E-state index in [1.807, 2.05) is 0 Å². The number of thioether (sulfide) groups is 1. The molecule has 3 amide bonds. The monoisotopic (exact) mass is 497 g/mol. The van der Waals surface area contributed by atoms with Gasteiger partial charge in [-0.3, -0.25) is 30.1 Å². The molecule has 2 aromatic carbocycles. The Kier molecular flexibility index (Phi) is 7.66. The highest BCUT2D eigenvalue weighted by atomic mass is 35.5. The summed E-state index contributed by atoms with van der Waals surface area (Å²) in [6.45, 7) is 0.00266. The molecule has 0 aliphatic carbocycles. The lowest BCUT2D eigenvalue weighted by Crippen LogP contribution is -2.43. The second-order valence-corrected chi connectivity index (χ2v) is 8.75. The largest absolute Gasteiger partial charge is 0.292 e. The maximum atomic E-state index is 13.8. The van der Waals surface area contributed by atoms with Crippen LogP contribution >= 0.6 is 47.2 Å². The Hall–Kier alpha value is -2.46. The fourth-order valence-corrected chi connectivity index (χ4v) is 4.36. The van der Waals surface area contributed by atoms with Gasteiger partial charge in [-0.25, -0.2) is 4.39 Å². The van der Waals surface area contributed by atoms with E-state index in [0.717, 1.165) is 11.8 Å². The van der Waals surface area contributed by atoms with Crippen LogP contribution in [0.1, 0.15) is 22.3 Å². The molecule has 2 N–H and O–H groups in total. The number of benzene rings is 2. The number of carbonyl (C=O) groups excluding carboxylic acids is 3. The van der Waals surface area contributed by atoms with Crippen molar-refractivity contribution < 1.29 is 18.8 Å². The standard InChI is InChI=1S/C20H14Cl2FN3O3S2/c21-12-5-6-13(14(22)10-12)18(28)25-24-17(27)7-8-26-19(29)16(31-20(26)30)9-11-3-1-2-4-15(11)23/h1-6,9-10H,7-8H2,(H,24,27)(H,25,28). The first kappa shape index (κ1) is 23.2. The minimum atomic E-state index is -0.617. The first-order valence-corrected chi connectivity index (χ1v) is 10.8. The van der Waals surface area contributed by atoms with Gasteiger partial charge in [-0.2, -0.15) is 0 Å². The lowest BCUT2D eigenvalue weighted by molar-refractivity contribution is -0.124. The Labute approximate surface area is 196 Å². The van der Waals surface area contributed by atoms with Gasteiger partial charge in [0.2, 0.25) is 5.91 Å². The lowest BCUT2D eigenvalue weighted by atomic mass is 10.2. The fraction of sp³-hybridized carbons (Fsp3) is 0.100. The highest BCUT2D eigenvalue weighted by Crippen LogP contribution is 2.33. The number of hydrazine groups is 1. The van der Waals surface area contributed by atoms with Gasteiger partial charge >= 0.3 is 0 Å². The number of nitrogens with one attached hydrogen (secondary N) is 2. The zero-order valence-electron chi connectivity index (χ0n) is 15.7. The van der Waals surface area contributed by atoms with Gasteiger partial charge in [0.25, 0.3) is 11.8 Å². The molecule has 1 fully saturated rings. The maximum Gasteiger partial charge on any atom is 0.271 e. The van der Waals surface area contributed by atoms with Gasteiger partial charge in [-0.1, -0.05) is 65.4 Å². The van der Waals surface area contributed by atoms with Crippen LogP contribution in [0.15, 0.2) is 47.4 Å². The van der Waals surface area contributed by atoms with E-state index in [9.17, 15) is 18.8 Å². The highest BCUT2D eigenvalue weighted by Gasteiger charge is 2.32. The quantitative estimate of drug-likeness (QED) is 0.368. The van der Waals surface area contributed by atoms with Crippen LogP contribution in [-0.2, 0) is 9.59 Å². The first-order chi connectivity index (χ1) is 14.8. The molecule has 0 bridgehead atoms. The van der Waals surface area contributed by atoms with E-state index in [2.05, 4.69) is 10.9 Å². The van der Waals surface area contributed by atoms with E-state index in [4.69, 9.17) is 35.4 Å². The summed E-state index contributed by atoms with van der Waals surface area (Å²) in [7, 11) is 0. The molecule has 0 radical (unpaired) electrons. The molecule has 2 aromatic rings. The number of carbonyl (C=O) groups is 3. The van der Waals surface area contributed by atoms with Gasteiger partial charge in [0, 0.05) is 23.6 Å². The minimum absolute atomic E-state index is 0.00266. The molecule has 0 spiro atoms. The molecule has 1 aliphatic heterocycles. The Morgan fingerprint density at radius 2 is 1.90 bits per heavy atom. The summed E-state index contributed by atoms with van der Waals surface area (Å²) < 4.78 is 14.1. The molecule has 0 atom stereocenters. The number of thiocarbonyl (C=S) groups is 1. The average Bonchev–Trinajstić information content (AvgIpc) is 2.99. The second kappa shape index (κ2) is 10.2.